The van der Waals surface area contributed by atoms with E-state index in [2.05, 4.69) is 39.8 Å². The molecule has 1 aliphatic heterocycles. The van der Waals surface area contributed by atoms with Crippen molar-refractivity contribution in [2.75, 3.05) is 25.0 Å². The molecule has 4 heteroatoms. The van der Waals surface area contributed by atoms with Gasteiger partial charge in [-0.25, -0.2) is 4.98 Å². The lowest BCUT2D eigenvalue weighted by molar-refractivity contribution is 0.594. The van der Waals surface area contributed by atoms with Crippen molar-refractivity contribution in [3.8, 4) is 0 Å². The lowest BCUT2D eigenvalue weighted by Crippen LogP contribution is -2.38. The Hall–Kier alpha value is -1.03. The summed E-state index contributed by atoms with van der Waals surface area (Å²) in [5.74, 6) is 1.15. The summed E-state index contributed by atoms with van der Waals surface area (Å²) in [6.45, 7) is 7.43. The van der Waals surface area contributed by atoms with Crippen LogP contribution in [-0.4, -0.2) is 35.7 Å². The van der Waals surface area contributed by atoms with Crippen molar-refractivity contribution in [1.82, 2.24) is 14.9 Å². The van der Waals surface area contributed by atoms with Gasteiger partial charge in [-0.2, -0.15) is 0 Å². The SMILES string of the molecule is CCn1cc(C)nc1N1CCCC1CNC. The molecule has 0 aromatic carbocycles. The van der Waals surface area contributed by atoms with Crippen molar-refractivity contribution >= 4 is 5.95 Å². The van der Waals surface area contributed by atoms with Gasteiger partial charge in [0.25, 0.3) is 0 Å². The Morgan fingerprint density at radius 3 is 3.06 bits per heavy atom. The van der Waals surface area contributed by atoms with Crippen LogP contribution < -0.4 is 10.2 Å². The van der Waals surface area contributed by atoms with Crippen LogP contribution in [0.15, 0.2) is 6.20 Å². The summed E-state index contributed by atoms with van der Waals surface area (Å²) in [6.07, 6.45) is 4.70. The van der Waals surface area contributed by atoms with E-state index in [1.54, 1.807) is 0 Å². The van der Waals surface area contributed by atoms with Crippen molar-refractivity contribution in [3.05, 3.63) is 11.9 Å². The predicted molar refractivity (Wildman–Crippen MR) is 66.9 cm³/mol. The zero-order valence-corrected chi connectivity index (χ0v) is 10.5. The third-order valence-electron chi connectivity index (χ3n) is 3.29. The molecule has 0 saturated carbocycles. The van der Waals surface area contributed by atoms with Crippen molar-refractivity contribution in [2.45, 2.75) is 39.3 Å². The van der Waals surface area contributed by atoms with Crippen LogP contribution in [0.25, 0.3) is 0 Å². The summed E-state index contributed by atoms with van der Waals surface area (Å²) in [4.78, 5) is 7.11. The Morgan fingerprint density at radius 2 is 2.38 bits per heavy atom. The second-order valence-electron chi connectivity index (χ2n) is 4.52. The van der Waals surface area contributed by atoms with Crippen molar-refractivity contribution in [3.63, 3.8) is 0 Å². The number of hydrogen-bond acceptors (Lipinski definition) is 3. The largest absolute Gasteiger partial charge is 0.338 e. The Labute approximate surface area is 97.7 Å². The first-order chi connectivity index (χ1) is 7.76. The predicted octanol–water partition coefficient (Wildman–Crippen LogP) is 1.40. The molecule has 4 nitrogen and oxygen atoms in total. The highest BCUT2D eigenvalue weighted by atomic mass is 15.3. The van der Waals surface area contributed by atoms with Gasteiger partial charge in [0.2, 0.25) is 5.95 Å². The van der Waals surface area contributed by atoms with E-state index in [1.165, 1.54) is 12.8 Å². The summed E-state index contributed by atoms with van der Waals surface area (Å²) >= 11 is 0. The molecule has 0 amide bonds. The second kappa shape index (κ2) is 4.87. The number of anilines is 1. The number of aryl methyl sites for hydroxylation is 2. The highest BCUT2D eigenvalue weighted by molar-refractivity contribution is 5.36. The molecular weight excluding hydrogens is 200 g/mol. The van der Waals surface area contributed by atoms with Crippen LogP contribution in [0, 0.1) is 6.92 Å². The number of aromatic nitrogens is 2. The molecule has 1 fully saturated rings. The lowest BCUT2D eigenvalue weighted by Gasteiger charge is -2.25. The molecule has 0 bridgehead atoms. The summed E-state index contributed by atoms with van der Waals surface area (Å²) < 4.78 is 2.25. The van der Waals surface area contributed by atoms with Crippen LogP contribution in [0.4, 0.5) is 5.95 Å². The normalized spacial score (nSPS) is 20.7. The van der Waals surface area contributed by atoms with Crippen molar-refractivity contribution in [2.24, 2.45) is 0 Å². The molecule has 16 heavy (non-hydrogen) atoms. The first-order valence-corrected chi connectivity index (χ1v) is 6.21. The smallest absolute Gasteiger partial charge is 0.205 e. The molecule has 1 aliphatic rings. The average molecular weight is 222 g/mol. The molecule has 1 aromatic rings. The molecule has 1 aromatic heterocycles. The quantitative estimate of drug-likeness (QED) is 0.836. The molecule has 1 unspecified atom stereocenters. The molecule has 1 atom stereocenters. The number of nitrogens with zero attached hydrogens (tertiary/aromatic N) is 3. The first-order valence-electron chi connectivity index (χ1n) is 6.21. The average Bonchev–Trinajstić information content (AvgIpc) is 2.84. The monoisotopic (exact) mass is 222 g/mol. The van der Waals surface area contributed by atoms with E-state index in [1.807, 2.05) is 7.05 Å². The summed E-state index contributed by atoms with van der Waals surface area (Å²) in [7, 11) is 2.02. The second-order valence-corrected chi connectivity index (χ2v) is 4.52. The third-order valence-corrected chi connectivity index (χ3v) is 3.29. The van der Waals surface area contributed by atoms with Crippen molar-refractivity contribution < 1.29 is 0 Å². The van der Waals surface area contributed by atoms with E-state index in [9.17, 15) is 0 Å². The maximum absolute atomic E-state index is 4.66. The number of rotatable bonds is 4. The van der Waals surface area contributed by atoms with Gasteiger partial charge in [-0.3, -0.25) is 0 Å². The Morgan fingerprint density at radius 1 is 1.56 bits per heavy atom. The zero-order chi connectivity index (χ0) is 11.5. The fourth-order valence-corrected chi connectivity index (χ4v) is 2.54. The first kappa shape index (κ1) is 11.5. The highest BCUT2D eigenvalue weighted by Crippen LogP contribution is 2.24. The molecule has 0 aliphatic carbocycles. The molecule has 0 spiro atoms. The molecular formula is C12H22N4. The highest BCUT2D eigenvalue weighted by Gasteiger charge is 2.27. The number of likely N-dealkylation sites (N-methyl/N-ethyl adjacent to an activating group) is 1. The Bertz CT molecular complexity index is 345. The van der Waals surface area contributed by atoms with E-state index in [4.69, 9.17) is 0 Å². The van der Waals surface area contributed by atoms with Crippen LogP contribution in [0.2, 0.25) is 0 Å². The number of imidazole rings is 1. The standard InChI is InChI=1S/C12H22N4/c1-4-15-9-10(2)14-12(15)16-7-5-6-11(16)8-13-3/h9,11,13H,4-8H2,1-3H3. The van der Waals surface area contributed by atoms with Gasteiger partial charge in [0, 0.05) is 31.9 Å². The van der Waals surface area contributed by atoms with Gasteiger partial charge in [0.15, 0.2) is 0 Å². The summed E-state index contributed by atoms with van der Waals surface area (Å²) in [5, 5.41) is 3.27. The van der Waals surface area contributed by atoms with Crippen LogP contribution >= 0.6 is 0 Å². The fourth-order valence-electron chi connectivity index (χ4n) is 2.54. The number of hydrogen-bond donors (Lipinski definition) is 1. The van der Waals surface area contributed by atoms with Gasteiger partial charge >= 0.3 is 0 Å². The van der Waals surface area contributed by atoms with Gasteiger partial charge in [0.1, 0.15) is 0 Å². The van der Waals surface area contributed by atoms with Crippen LogP contribution in [0.1, 0.15) is 25.5 Å². The Balaban J connectivity index is 2.21. The molecule has 1 saturated heterocycles. The molecule has 0 radical (unpaired) electrons. The topological polar surface area (TPSA) is 33.1 Å². The van der Waals surface area contributed by atoms with Crippen LogP contribution in [0.5, 0.6) is 0 Å². The molecule has 90 valence electrons. The van der Waals surface area contributed by atoms with E-state index in [0.29, 0.717) is 6.04 Å². The minimum atomic E-state index is 0.608. The fraction of sp³-hybridized carbons (Fsp3) is 0.750. The maximum atomic E-state index is 4.66. The minimum Gasteiger partial charge on any atom is -0.338 e. The van der Waals surface area contributed by atoms with Gasteiger partial charge in [-0.15, -0.1) is 0 Å². The Kier molecular flexibility index (Phi) is 3.49. The minimum absolute atomic E-state index is 0.608. The van der Waals surface area contributed by atoms with Crippen LogP contribution in [0.3, 0.4) is 0 Å². The molecule has 2 rings (SSSR count). The van der Waals surface area contributed by atoms with Gasteiger partial charge in [-0.1, -0.05) is 0 Å². The maximum Gasteiger partial charge on any atom is 0.205 e. The van der Waals surface area contributed by atoms with Gasteiger partial charge in [-0.05, 0) is 33.7 Å². The van der Waals surface area contributed by atoms with Gasteiger partial charge in [0.05, 0.1) is 5.69 Å². The van der Waals surface area contributed by atoms with Gasteiger partial charge < -0.3 is 14.8 Å². The zero-order valence-electron chi connectivity index (χ0n) is 10.5. The lowest BCUT2D eigenvalue weighted by atomic mass is 10.2. The molecule has 2 heterocycles. The summed E-state index contributed by atoms with van der Waals surface area (Å²) in [5.41, 5.74) is 1.12. The number of nitrogens with one attached hydrogen (secondary N) is 1. The van der Waals surface area contributed by atoms with E-state index in [0.717, 1.165) is 31.3 Å². The third kappa shape index (κ3) is 2.07. The van der Waals surface area contributed by atoms with E-state index in [-0.39, 0.29) is 0 Å². The van der Waals surface area contributed by atoms with E-state index < -0.39 is 0 Å². The van der Waals surface area contributed by atoms with E-state index >= 15 is 0 Å². The molecule has 1 N–H and O–H groups in total. The van der Waals surface area contributed by atoms with Crippen molar-refractivity contribution in [1.29, 1.82) is 0 Å². The van der Waals surface area contributed by atoms with Crippen LogP contribution in [-0.2, 0) is 6.54 Å². The summed E-state index contributed by atoms with van der Waals surface area (Å²) in [6, 6.07) is 0.608.